The van der Waals surface area contributed by atoms with Gasteiger partial charge in [0.05, 0.1) is 21.3 Å². The number of benzene rings is 2. The van der Waals surface area contributed by atoms with E-state index in [1.165, 1.54) is 6.33 Å². The van der Waals surface area contributed by atoms with Crippen molar-refractivity contribution in [2.75, 3.05) is 32.0 Å². The molecule has 0 radical (unpaired) electrons. The topological polar surface area (TPSA) is 106 Å². The fourth-order valence-electron chi connectivity index (χ4n) is 3.08. The number of aromatic amines is 1. The van der Waals surface area contributed by atoms with Gasteiger partial charge in [0.2, 0.25) is 17.6 Å². The normalized spacial score (nSPS) is 10.4. The second kappa shape index (κ2) is 9.04. The predicted octanol–water partition coefficient (Wildman–Crippen LogP) is 4.38. The molecule has 9 heteroatoms. The molecule has 0 fully saturated rings. The van der Waals surface area contributed by atoms with Crippen LogP contribution < -0.4 is 24.8 Å². The van der Waals surface area contributed by atoms with E-state index in [1.807, 2.05) is 30.5 Å². The number of nitrogens with zero attached hydrogens (tertiary/aromatic N) is 3. The summed E-state index contributed by atoms with van der Waals surface area (Å²) in [4.78, 5) is 16.0. The van der Waals surface area contributed by atoms with E-state index >= 15 is 0 Å². The van der Waals surface area contributed by atoms with Gasteiger partial charge in [-0.15, -0.1) is 0 Å². The van der Waals surface area contributed by atoms with E-state index in [1.54, 1.807) is 33.5 Å². The zero-order chi connectivity index (χ0) is 21.6. The molecular formula is C22H22N6O3. The molecule has 9 nitrogen and oxygen atoms in total. The van der Waals surface area contributed by atoms with E-state index < -0.39 is 0 Å². The number of hydrogen-bond acceptors (Lipinski definition) is 8. The summed E-state index contributed by atoms with van der Waals surface area (Å²) in [6, 6.07) is 15.6. The summed E-state index contributed by atoms with van der Waals surface area (Å²) >= 11 is 0. The van der Waals surface area contributed by atoms with Crippen LogP contribution in [0.15, 0.2) is 61.1 Å². The minimum absolute atomic E-state index is 0.363. The van der Waals surface area contributed by atoms with Gasteiger partial charge in [-0.05, 0) is 11.6 Å². The van der Waals surface area contributed by atoms with Gasteiger partial charge in [-0.25, -0.2) is 9.97 Å². The molecule has 0 unspecified atom stereocenters. The molecule has 0 amide bonds. The lowest BCUT2D eigenvalue weighted by molar-refractivity contribution is 0.324. The monoisotopic (exact) mass is 418 g/mol. The van der Waals surface area contributed by atoms with Crippen LogP contribution in [0.4, 0.5) is 23.4 Å². The lowest BCUT2D eigenvalue weighted by atomic mass is 10.1. The van der Waals surface area contributed by atoms with Crippen LogP contribution >= 0.6 is 0 Å². The Hall–Kier alpha value is -4.27. The van der Waals surface area contributed by atoms with Gasteiger partial charge in [-0.3, -0.25) is 0 Å². The third-order valence-electron chi connectivity index (χ3n) is 4.53. The van der Waals surface area contributed by atoms with E-state index in [2.05, 4.69) is 42.7 Å². The molecule has 3 N–H and O–H groups in total. The first kappa shape index (κ1) is 20.0. The van der Waals surface area contributed by atoms with Crippen molar-refractivity contribution in [1.29, 1.82) is 0 Å². The van der Waals surface area contributed by atoms with Gasteiger partial charge in [0.1, 0.15) is 12.1 Å². The number of anilines is 4. The molecule has 31 heavy (non-hydrogen) atoms. The van der Waals surface area contributed by atoms with Gasteiger partial charge in [0, 0.05) is 29.6 Å². The van der Waals surface area contributed by atoms with Gasteiger partial charge in [0.25, 0.3) is 0 Å². The minimum Gasteiger partial charge on any atom is -0.493 e. The Morgan fingerprint density at radius 3 is 2.10 bits per heavy atom. The van der Waals surface area contributed by atoms with Crippen LogP contribution in [0.2, 0.25) is 0 Å². The molecule has 0 aliphatic carbocycles. The maximum absolute atomic E-state index is 5.38. The Labute approximate surface area is 179 Å². The average molecular weight is 418 g/mol. The molecule has 0 atom stereocenters. The third-order valence-corrected chi connectivity index (χ3v) is 4.53. The summed E-state index contributed by atoms with van der Waals surface area (Å²) in [5.41, 5.74) is 2.86. The van der Waals surface area contributed by atoms with Crippen molar-refractivity contribution >= 4 is 23.4 Å². The Morgan fingerprint density at radius 1 is 0.774 bits per heavy atom. The lowest BCUT2D eigenvalue weighted by Gasteiger charge is -2.14. The number of rotatable bonds is 8. The summed E-state index contributed by atoms with van der Waals surface area (Å²) in [5, 5.41) is 6.29. The van der Waals surface area contributed by atoms with Gasteiger partial charge in [0.15, 0.2) is 11.5 Å². The van der Waals surface area contributed by atoms with Gasteiger partial charge >= 0.3 is 0 Å². The van der Waals surface area contributed by atoms with E-state index in [4.69, 9.17) is 14.2 Å². The number of nitrogens with one attached hydrogen (secondary N) is 3. The molecule has 0 aliphatic heterocycles. The SMILES string of the molecule is COc1cc(Nc2ncnc(Nc3cc(-c4ccccc4)c[nH]3)n2)cc(OC)c1OC. The Balaban J connectivity index is 1.52. The summed E-state index contributed by atoms with van der Waals surface area (Å²) < 4.78 is 16.1. The van der Waals surface area contributed by atoms with Crippen molar-refractivity contribution in [2.45, 2.75) is 0 Å². The molecule has 0 saturated carbocycles. The maximum atomic E-state index is 5.38. The van der Waals surface area contributed by atoms with Crippen LogP contribution in [0.3, 0.4) is 0 Å². The average Bonchev–Trinajstić information content (AvgIpc) is 3.27. The van der Waals surface area contributed by atoms with Crippen LogP contribution in [0.1, 0.15) is 0 Å². The highest BCUT2D eigenvalue weighted by atomic mass is 16.5. The van der Waals surface area contributed by atoms with Crippen LogP contribution in [0, 0.1) is 0 Å². The Morgan fingerprint density at radius 2 is 1.45 bits per heavy atom. The lowest BCUT2D eigenvalue weighted by Crippen LogP contribution is -2.03. The summed E-state index contributed by atoms with van der Waals surface area (Å²) in [5.74, 6) is 3.08. The molecule has 2 heterocycles. The van der Waals surface area contributed by atoms with Crippen molar-refractivity contribution in [1.82, 2.24) is 19.9 Å². The first-order valence-electron chi connectivity index (χ1n) is 9.47. The molecular weight excluding hydrogens is 396 g/mol. The van der Waals surface area contributed by atoms with E-state index in [-0.39, 0.29) is 0 Å². The molecule has 2 aromatic heterocycles. The number of aromatic nitrogens is 4. The molecule has 158 valence electrons. The Kier molecular flexibility index (Phi) is 5.84. The highest BCUT2D eigenvalue weighted by Gasteiger charge is 2.14. The first-order chi connectivity index (χ1) is 15.2. The van der Waals surface area contributed by atoms with Crippen molar-refractivity contribution in [3.63, 3.8) is 0 Å². The zero-order valence-corrected chi connectivity index (χ0v) is 17.3. The number of ether oxygens (including phenoxy) is 3. The maximum Gasteiger partial charge on any atom is 0.233 e. The molecule has 4 aromatic rings. The summed E-state index contributed by atoms with van der Waals surface area (Å²) in [6.07, 6.45) is 3.35. The fraction of sp³-hybridized carbons (Fsp3) is 0.136. The van der Waals surface area contributed by atoms with Gasteiger partial charge in [-0.2, -0.15) is 4.98 Å². The second-order valence-electron chi connectivity index (χ2n) is 6.46. The quantitative estimate of drug-likeness (QED) is 0.387. The molecule has 0 aliphatic rings. The number of methoxy groups -OCH3 is 3. The standard InChI is InChI=1S/C22H22N6O3/c1-29-17-10-16(11-18(30-2)20(17)31-3)26-21-24-13-25-22(28-21)27-19-9-15(12-23-19)14-7-5-4-6-8-14/h4-13,23H,1-3H3,(H2,24,25,26,27,28). The molecule has 0 bridgehead atoms. The van der Waals surface area contributed by atoms with Crippen LogP contribution in [-0.2, 0) is 0 Å². The van der Waals surface area contributed by atoms with Crippen LogP contribution in [0.5, 0.6) is 17.2 Å². The van der Waals surface area contributed by atoms with E-state index in [0.717, 1.165) is 16.9 Å². The molecule has 0 saturated heterocycles. The highest BCUT2D eigenvalue weighted by molar-refractivity contribution is 5.69. The first-order valence-corrected chi connectivity index (χ1v) is 9.47. The van der Waals surface area contributed by atoms with E-state index in [9.17, 15) is 0 Å². The molecule has 0 spiro atoms. The van der Waals surface area contributed by atoms with Gasteiger partial charge in [-0.1, -0.05) is 30.3 Å². The fourth-order valence-corrected chi connectivity index (χ4v) is 3.08. The number of hydrogen-bond donors (Lipinski definition) is 3. The predicted molar refractivity (Wildman–Crippen MR) is 119 cm³/mol. The Bertz CT molecular complexity index is 1140. The molecule has 4 rings (SSSR count). The number of H-pyrrole nitrogens is 1. The second-order valence-corrected chi connectivity index (χ2v) is 6.46. The molecule has 2 aromatic carbocycles. The van der Waals surface area contributed by atoms with Crippen LogP contribution in [-0.4, -0.2) is 41.3 Å². The zero-order valence-electron chi connectivity index (χ0n) is 17.3. The van der Waals surface area contributed by atoms with Crippen molar-refractivity contribution in [2.24, 2.45) is 0 Å². The van der Waals surface area contributed by atoms with Crippen LogP contribution in [0.25, 0.3) is 11.1 Å². The van der Waals surface area contributed by atoms with Crippen molar-refractivity contribution in [3.05, 3.63) is 61.1 Å². The summed E-state index contributed by atoms with van der Waals surface area (Å²) in [6.45, 7) is 0. The van der Waals surface area contributed by atoms with Crippen molar-refractivity contribution < 1.29 is 14.2 Å². The highest BCUT2D eigenvalue weighted by Crippen LogP contribution is 2.40. The smallest absolute Gasteiger partial charge is 0.233 e. The third kappa shape index (κ3) is 4.50. The van der Waals surface area contributed by atoms with Crippen molar-refractivity contribution in [3.8, 4) is 28.4 Å². The summed E-state index contributed by atoms with van der Waals surface area (Å²) in [7, 11) is 4.68. The largest absolute Gasteiger partial charge is 0.493 e. The van der Waals surface area contributed by atoms with E-state index in [0.29, 0.717) is 34.8 Å². The van der Waals surface area contributed by atoms with Gasteiger partial charge < -0.3 is 29.8 Å². The minimum atomic E-state index is 0.363.